The smallest absolute Gasteiger partial charge is 0.410 e. The first-order valence-corrected chi connectivity index (χ1v) is 19.1. The Morgan fingerprint density at radius 3 is 2.30 bits per heavy atom. The Balaban J connectivity index is 1.12. The number of amides is 2. The molecule has 0 radical (unpaired) electrons. The second-order valence-corrected chi connectivity index (χ2v) is 16.6. The van der Waals surface area contributed by atoms with Crippen LogP contribution in [-0.2, 0) is 14.9 Å². The Bertz CT molecular complexity index is 1700. The maximum absolute atomic E-state index is 14.7. The number of ether oxygens (including phenoxy) is 2. The lowest BCUT2D eigenvalue weighted by Gasteiger charge is -2.55. The molecule has 0 atom stereocenters. The van der Waals surface area contributed by atoms with Gasteiger partial charge in [0.25, 0.3) is 0 Å². The minimum atomic E-state index is -0.205. The number of anilines is 1. The van der Waals surface area contributed by atoms with Gasteiger partial charge in [0.05, 0.1) is 13.3 Å². The monoisotopic (exact) mass is 700 g/mol. The number of aryl methyl sites for hydroxylation is 1. The molecule has 4 aliphatic carbocycles. The summed E-state index contributed by atoms with van der Waals surface area (Å²) in [4.78, 5) is 31.2. The second-order valence-electron chi connectivity index (χ2n) is 16.2. The standard InChI is InChI=1S/C41H53ClN4O4/c1-27(2)46-25-31(22-43-46)35-21-33(9-12-36(35)42)45(38(47)30-6-10-34(11-7-30)50-39(48)44-23-28(3)24-44)26-40-14-17-41(18-15-40,19-16-40)32-8-13-37(49-5)29(4)20-32/h8-9,12-13,20-22,25,27-28,30,34H,6-7,10-11,14-19,23-24,26H2,1-5H3. The fraction of sp³-hybridized carbons (Fsp3) is 0.585. The number of benzene rings is 2. The summed E-state index contributed by atoms with van der Waals surface area (Å²) >= 11 is 6.82. The van der Waals surface area contributed by atoms with E-state index in [4.69, 9.17) is 21.1 Å². The van der Waals surface area contributed by atoms with E-state index in [1.54, 1.807) is 12.0 Å². The number of rotatable bonds is 9. The number of carbonyl (C=O) groups excluding carboxylic acids is 2. The van der Waals surface area contributed by atoms with E-state index < -0.39 is 0 Å². The molecule has 1 aromatic heterocycles. The molecule has 268 valence electrons. The van der Waals surface area contributed by atoms with Crippen molar-refractivity contribution in [3.63, 3.8) is 0 Å². The molecule has 1 aliphatic heterocycles. The van der Waals surface area contributed by atoms with Crippen molar-refractivity contribution in [1.82, 2.24) is 14.7 Å². The zero-order valence-electron chi connectivity index (χ0n) is 30.4. The van der Waals surface area contributed by atoms with Crippen LogP contribution in [0.3, 0.4) is 0 Å². The van der Waals surface area contributed by atoms with Crippen LogP contribution in [0.25, 0.3) is 11.1 Å². The average molecular weight is 701 g/mol. The molecule has 2 aromatic carbocycles. The number of halogens is 1. The molecule has 9 heteroatoms. The third-order valence-electron chi connectivity index (χ3n) is 12.5. The van der Waals surface area contributed by atoms with Gasteiger partial charge in [0.2, 0.25) is 5.91 Å². The van der Waals surface area contributed by atoms with Crippen LogP contribution in [0.5, 0.6) is 5.75 Å². The maximum atomic E-state index is 14.7. The Labute approximate surface area is 302 Å². The van der Waals surface area contributed by atoms with Crippen molar-refractivity contribution in [3.05, 3.63) is 64.9 Å². The lowest BCUT2D eigenvalue weighted by atomic mass is 9.51. The molecule has 2 amide bonds. The molecule has 8 nitrogen and oxygen atoms in total. The third-order valence-corrected chi connectivity index (χ3v) is 12.8. The number of hydrogen-bond acceptors (Lipinski definition) is 5. The predicted octanol–water partition coefficient (Wildman–Crippen LogP) is 9.37. The summed E-state index contributed by atoms with van der Waals surface area (Å²) < 4.78 is 13.4. The van der Waals surface area contributed by atoms with Crippen LogP contribution in [-0.4, -0.2) is 59.5 Å². The molecule has 4 saturated carbocycles. The van der Waals surface area contributed by atoms with Crippen molar-refractivity contribution >= 4 is 29.3 Å². The summed E-state index contributed by atoms with van der Waals surface area (Å²) in [7, 11) is 1.74. The van der Waals surface area contributed by atoms with E-state index in [2.05, 4.69) is 62.0 Å². The maximum Gasteiger partial charge on any atom is 0.410 e. The van der Waals surface area contributed by atoms with E-state index in [1.165, 1.54) is 11.1 Å². The summed E-state index contributed by atoms with van der Waals surface area (Å²) in [5, 5.41) is 5.22. The van der Waals surface area contributed by atoms with Crippen molar-refractivity contribution in [1.29, 1.82) is 0 Å². The Morgan fingerprint density at radius 1 is 1.00 bits per heavy atom. The van der Waals surface area contributed by atoms with Crippen LogP contribution in [0.1, 0.15) is 102 Å². The van der Waals surface area contributed by atoms with E-state index in [9.17, 15) is 9.59 Å². The molecule has 0 N–H and O–H groups in total. The SMILES string of the molecule is COc1ccc(C23CCC(CN(C(=O)C4CCC(OC(=O)N5CC(C)C5)CC4)c4ccc(Cl)c(-c5cnn(C(C)C)c5)c4)(CC2)CC3)cc1C. The quantitative estimate of drug-likeness (QED) is 0.222. The highest BCUT2D eigenvalue weighted by Gasteiger charge is 2.51. The van der Waals surface area contributed by atoms with Crippen molar-refractivity contribution in [3.8, 4) is 16.9 Å². The summed E-state index contributed by atoms with van der Waals surface area (Å²) in [5.74, 6) is 1.55. The van der Waals surface area contributed by atoms with Crippen LogP contribution in [0.4, 0.5) is 10.5 Å². The lowest BCUT2D eigenvalue weighted by Crippen LogP contribution is -2.52. The van der Waals surface area contributed by atoms with Gasteiger partial charge < -0.3 is 19.3 Å². The van der Waals surface area contributed by atoms with Gasteiger partial charge in [-0.05, 0) is 137 Å². The summed E-state index contributed by atoms with van der Waals surface area (Å²) in [5.41, 5.74) is 5.63. The first-order chi connectivity index (χ1) is 24.0. The third kappa shape index (κ3) is 6.77. The van der Waals surface area contributed by atoms with E-state index >= 15 is 0 Å². The Kier molecular flexibility index (Phi) is 9.70. The normalized spacial score (nSPS) is 26.5. The van der Waals surface area contributed by atoms with Gasteiger partial charge in [-0.1, -0.05) is 30.7 Å². The van der Waals surface area contributed by atoms with Gasteiger partial charge in [0.15, 0.2) is 0 Å². The molecular weight excluding hydrogens is 648 g/mol. The number of hydrogen-bond donors (Lipinski definition) is 0. The largest absolute Gasteiger partial charge is 0.496 e. The highest BCUT2D eigenvalue weighted by molar-refractivity contribution is 6.33. The lowest BCUT2D eigenvalue weighted by molar-refractivity contribution is -0.124. The zero-order valence-corrected chi connectivity index (χ0v) is 31.2. The van der Waals surface area contributed by atoms with Gasteiger partial charge in [0.1, 0.15) is 11.9 Å². The van der Waals surface area contributed by atoms with Gasteiger partial charge in [-0.2, -0.15) is 5.10 Å². The summed E-state index contributed by atoms with van der Waals surface area (Å²) in [6, 6.07) is 13.0. The fourth-order valence-electron chi connectivity index (χ4n) is 9.15. The van der Waals surface area contributed by atoms with E-state index in [1.807, 2.05) is 29.2 Å². The zero-order chi connectivity index (χ0) is 35.2. The molecular formula is C41H53ClN4O4. The summed E-state index contributed by atoms with van der Waals surface area (Å²) in [6.07, 6.45) is 13.1. The average Bonchev–Trinajstić information content (AvgIpc) is 3.61. The minimum Gasteiger partial charge on any atom is -0.496 e. The molecule has 3 aromatic rings. The highest BCUT2D eigenvalue weighted by Crippen LogP contribution is 2.58. The van der Waals surface area contributed by atoms with Crippen LogP contribution in [0.15, 0.2) is 48.8 Å². The molecule has 50 heavy (non-hydrogen) atoms. The van der Waals surface area contributed by atoms with Gasteiger partial charge in [0, 0.05) is 59.6 Å². The molecule has 0 unspecified atom stereocenters. The van der Waals surface area contributed by atoms with Crippen molar-refractivity contribution in [2.75, 3.05) is 31.6 Å². The Hall–Kier alpha value is -3.52. The predicted molar refractivity (Wildman–Crippen MR) is 198 cm³/mol. The number of fused-ring (bicyclic) bond motifs is 3. The number of aromatic nitrogens is 2. The van der Waals surface area contributed by atoms with E-state index in [-0.39, 0.29) is 40.9 Å². The highest BCUT2D eigenvalue weighted by atomic mass is 35.5. The van der Waals surface area contributed by atoms with Crippen LogP contribution < -0.4 is 9.64 Å². The number of nitrogens with zero attached hydrogens (tertiary/aromatic N) is 4. The molecule has 0 spiro atoms. The number of carbonyl (C=O) groups is 2. The molecule has 8 rings (SSSR count). The van der Waals surface area contributed by atoms with Gasteiger partial charge >= 0.3 is 6.09 Å². The van der Waals surface area contributed by atoms with Crippen LogP contribution in [0, 0.1) is 24.2 Å². The first kappa shape index (κ1) is 34.9. The van der Waals surface area contributed by atoms with Gasteiger partial charge in [-0.15, -0.1) is 0 Å². The van der Waals surface area contributed by atoms with Gasteiger partial charge in [-0.25, -0.2) is 4.79 Å². The van der Waals surface area contributed by atoms with Crippen molar-refractivity contribution in [2.24, 2.45) is 17.3 Å². The Morgan fingerprint density at radius 2 is 1.70 bits per heavy atom. The van der Waals surface area contributed by atoms with Crippen molar-refractivity contribution in [2.45, 2.75) is 109 Å². The van der Waals surface area contributed by atoms with E-state index in [0.29, 0.717) is 30.3 Å². The van der Waals surface area contributed by atoms with Gasteiger partial charge in [-0.3, -0.25) is 9.48 Å². The number of methoxy groups -OCH3 is 1. The van der Waals surface area contributed by atoms with Crippen molar-refractivity contribution < 1.29 is 19.1 Å². The fourth-order valence-corrected chi connectivity index (χ4v) is 9.38. The van der Waals surface area contributed by atoms with Crippen LogP contribution in [0.2, 0.25) is 5.02 Å². The molecule has 5 fully saturated rings. The molecule has 2 heterocycles. The number of likely N-dealkylation sites (tertiary alicyclic amines) is 1. The molecule has 2 bridgehead atoms. The topological polar surface area (TPSA) is 76.9 Å². The van der Waals surface area contributed by atoms with Crippen LogP contribution >= 0.6 is 11.6 Å². The van der Waals surface area contributed by atoms with E-state index in [0.717, 1.165) is 87.0 Å². The summed E-state index contributed by atoms with van der Waals surface area (Å²) in [6.45, 7) is 10.7. The first-order valence-electron chi connectivity index (χ1n) is 18.7. The molecule has 1 saturated heterocycles. The minimum absolute atomic E-state index is 0.0718. The molecule has 5 aliphatic rings. The second kappa shape index (κ2) is 13.9.